The van der Waals surface area contributed by atoms with Crippen LogP contribution in [-0.4, -0.2) is 80.9 Å². The van der Waals surface area contributed by atoms with Gasteiger partial charge < -0.3 is 10.7 Å². The van der Waals surface area contributed by atoms with Gasteiger partial charge in [0.15, 0.2) is 11.5 Å². The summed E-state index contributed by atoms with van der Waals surface area (Å²) in [4.78, 5) is 41.5. The van der Waals surface area contributed by atoms with Gasteiger partial charge in [0.05, 0.1) is 22.8 Å². The van der Waals surface area contributed by atoms with Crippen LogP contribution < -0.4 is 21.6 Å². The van der Waals surface area contributed by atoms with Crippen LogP contribution in [0.5, 0.6) is 0 Å². The number of Topliss-reactive ketones (excluding diaryl/α,β-unsaturated/α-hetero) is 1. The highest BCUT2D eigenvalue weighted by Crippen LogP contribution is 2.34. The van der Waals surface area contributed by atoms with E-state index in [2.05, 4.69) is 31.7 Å². The van der Waals surface area contributed by atoms with Crippen molar-refractivity contribution in [2.45, 2.75) is 9.79 Å². The van der Waals surface area contributed by atoms with Crippen LogP contribution in [0.1, 0.15) is 15.9 Å². The molecule has 0 fully saturated rings. The quantitative estimate of drug-likeness (QED) is 0.0668. The van der Waals surface area contributed by atoms with E-state index in [9.17, 15) is 66.3 Å². The maximum Gasteiger partial charge on any atom is 0.345 e. The lowest BCUT2D eigenvalue weighted by Gasteiger charge is -2.23. The Hall–Kier alpha value is -7.49. The number of hydrogen-bond donors (Lipinski definition) is 8. The highest BCUT2D eigenvalue weighted by molar-refractivity contribution is 7.91. The Labute approximate surface area is 373 Å². The average molecular weight is 973 g/mol. The number of urea groups is 1. The second-order valence-electron chi connectivity index (χ2n) is 14.3. The van der Waals surface area contributed by atoms with E-state index in [1.807, 2.05) is 0 Å². The van der Waals surface area contributed by atoms with Crippen molar-refractivity contribution in [1.29, 1.82) is 0 Å². The summed E-state index contributed by atoms with van der Waals surface area (Å²) < 4.78 is 137. The summed E-state index contributed by atoms with van der Waals surface area (Å²) in [6, 6.07) is 19.4. The number of carbonyl (C=O) groups excluding carboxylic acids is 3. The molecule has 0 saturated carbocycles. The second-order valence-corrected chi connectivity index (χ2v) is 19.8. The van der Waals surface area contributed by atoms with Crippen molar-refractivity contribution in [1.82, 2.24) is 5.43 Å². The van der Waals surface area contributed by atoms with Crippen LogP contribution in [0.15, 0.2) is 162 Å². The van der Waals surface area contributed by atoms with Crippen LogP contribution in [0.3, 0.4) is 0 Å². The first-order valence-electron chi connectivity index (χ1n) is 18.5. The molecule has 66 heavy (non-hydrogen) atoms. The van der Waals surface area contributed by atoms with E-state index in [0.717, 1.165) is 30.4 Å². The molecule has 2 amide bonds. The van der Waals surface area contributed by atoms with Crippen LogP contribution in [0, 0.1) is 0 Å². The number of ketones is 2. The van der Waals surface area contributed by atoms with E-state index in [1.165, 1.54) is 78.9 Å². The molecule has 0 radical (unpaired) electrons. The van der Waals surface area contributed by atoms with Gasteiger partial charge in [0, 0.05) is 39.2 Å². The molecule has 0 unspecified atom stereocenters. The molecule has 0 spiro atoms. The van der Waals surface area contributed by atoms with Gasteiger partial charge in [-0.25, -0.2) is 4.79 Å². The van der Waals surface area contributed by atoms with Crippen molar-refractivity contribution in [3.05, 3.63) is 153 Å². The zero-order chi connectivity index (χ0) is 47.5. The fraction of sp³-hybridized carbons (Fsp3) is 0. The molecule has 8 rings (SSSR count). The van der Waals surface area contributed by atoms with Crippen LogP contribution in [-0.2, 0) is 45.3 Å². The molecule has 0 aliphatic heterocycles. The van der Waals surface area contributed by atoms with Gasteiger partial charge in [-0.3, -0.25) is 38.7 Å². The molecule has 3 aliphatic carbocycles. The summed E-state index contributed by atoms with van der Waals surface area (Å²) in [6.45, 7) is 0. The van der Waals surface area contributed by atoms with Crippen molar-refractivity contribution >= 4 is 114 Å². The van der Waals surface area contributed by atoms with Crippen molar-refractivity contribution in [3.8, 4) is 0 Å². The third kappa shape index (κ3) is 9.08. The Morgan fingerprint density at radius 1 is 0.591 bits per heavy atom. The van der Waals surface area contributed by atoms with Gasteiger partial charge in [0.25, 0.3) is 40.5 Å². The molecule has 8 N–H and O–H groups in total. The van der Waals surface area contributed by atoms with Crippen molar-refractivity contribution in [2.24, 2.45) is 10.1 Å². The number of nitrogens with one attached hydrogen (secondary N) is 4. The monoisotopic (exact) mass is 972 g/mol. The van der Waals surface area contributed by atoms with Gasteiger partial charge in [-0.2, -0.15) is 43.8 Å². The topological polar surface area (TPSA) is 342 Å². The fourth-order valence-electron chi connectivity index (χ4n) is 7.14. The lowest BCUT2D eigenvalue weighted by Crippen LogP contribution is -2.30. The first kappa shape index (κ1) is 45.1. The Morgan fingerprint density at radius 3 is 1.94 bits per heavy atom. The minimum absolute atomic E-state index is 0.0157. The third-order valence-electron chi connectivity index (χ3n) is 9.96. The summed E-state index contributed by atoms with van der Waals surface area (Å²) in [5.74, 6) is -1.74. The van der Waals surface area contributed by atoms with Gasteiger partial charge >= 0.3 is 6.03 Å². The second kappa shape index (κ2) is 16.5. The summed E-state index contributed by atoms with van der Waals surface area (Å²) in [5, 5.41) is 7.39. The molecule has 5 aromatic carbocycles. The number of fused-ring (bicyclic) bond motifs is 4. The van der Waals surface area contributed by atoms with E-state index in [-0.39, 0.29) is 66.4 Å². The molecular formula is C41H28N6O15S4. The molecule has 0 bridgehead atoms. The number of nitrogens with zero attached hydrogens (tertiary/aromatic N) is 2. The third-order valence-corrected chi connectivity index (χ3v) is 13.6. The lowest BCUT2D eigenvalue weighted by atomic mass is 9.90. The molecule has 21 nitrogen and oxygen atoms in total. The predicted octanol–water partition coefficient (Wildman–Crippen LogP) is 5.07. The molecule has 5 aromatic rings. The highest BCUT2D eigenvalue weighted by atomic mass is 32.2. The fourth-order valence-corrected chi connectivity index (χ4v) is 10.1. The van der Waals surface area contributed by atoms with Crippen molar-refractivity contribution in [2.75, 3.05) is 16.2 Å². The van der Waals surface area contributed by atoms with E-state index in [1.54, 1.807) is 12.1 Å². The Kier molecular flexibility index (Phi) is 11.3. The van der Waals surface area contributed by atoms with Crippen molar-refractivity contribution < 1.29 is 66.3 Å². The first-order valence-corrected chi connectivity index (χ1v) is 24.2. The summed E-state index contributed by atoms with van der Waals surface area (Å²) in [7, 11) is -19.3. The number of allylic oxidation sites excluding steroid dienone is 7. The van der Waals surface area contributed by atoms with Crippen LogP contribution in [0.25, 0.3) is 27.6 Å². The van der Waals surface area contributed by atoms with Crippen LogP contribution in [0.4, 0.5) is 21.9 Å². The minimum atomic E-state index is -5.12. The number of hydrogen-bond acceptors (Lipinski definition) is 15. The smallest absolute Gasteiger partial charge is 0.306 e. The Morgan fingerprint density at radius 2 is 1.26 bits per heavy atom. The zero-order valence-corrected chi connectivity index (χ0v) is 36.1. The van der Waals surface area contributed by atoms with Gasteiger partial charge in [-0.05, 0) is 89.2 Å². The molecular weight excluding hydrogens is 945 g/mol. The van der Waals surface area contributed by atoms with Gasteiger partial charge in [-0.15, -0.1) is 0 Å². The molecule has 3 aliphatic rings. The molecule has 0 saturated heterocycles. The standard InChI is InChI=1S/C41H28N6O15S4/c48-34-20-33(46-44-26-11-12-28-22(15-26)4-2-5-35(28)63(51,52)53)40(66(60,61)62)30-14-10-25(18-32(30)34)43-41(50)42-24-9-13-29-23(16-24)17-37(65(57,58)59)38(39(29)49)47-45-27-8-7-21-3-1-6-36(31(21)19-27)64(54,55)56/h1-20,44-46H,(H,42,50)(H,51,52,53)(H,54,55,56)(H,57,58,59)(H,60,61,62)/b43-25?,47-38-. The largest absolute Gasteiger partial charge is 0.345 e. The van der Waals surface area contributed by atoms with Crippen LogP contribution in [0.2, 0.25) is 0 Å². The minimum Gasteiger partial charge on any atom is -0.306 e. The average Bonchev–Trinajstić information content (AvgIpc) is 3.23. The molecule has 25 heteroatoms. The van der Waals surface area contributed by atoms with E-state index in [0.29, 0.717) is 10.8 Å². The van der Waals surface area contributed by atoms with Gasteiger partial charge in [0.1, 0.15) is 19.6 Å². The summed E-state index contributed by atoms with van der Waals surface area (Å²) >= 11 is 0. The Balaban J connectivity index is 1.01. The maximum absolute atomic E-state index is 13.6. The van der Waals surface area contributed by atoms with Crippen LogP contribution >= 0.6 is 0 Å². The zero-order valence-electron chi connectivity index (χ0n) is 32.9. The van der Waals surface area contributed by atoms with E-state index >= 15 is 0 Å². The number of hydrazine groups is 1. The SMILES string of the molecule is O=C(N=C1C=CC2=C(S(=O)(=O)O)C(NNc3ccc4c(S(=O)(=O)O)cccc4c3)=CC(=O)C2=C1)Nc1ccc2c(c1)C=C(S(=O)(=O)O)/C(=N/Nc1ccc3cccc(S(=O)(=O)O)c3c1)C2=O. The summed E-state index contributed by atoms with van der Waals surface area (Å²) in [5.41, 5.74) is 6.09. The number of rotatable bonds is 10. The molecule has 0 atom stereocenters. The number of benzene rings is 5. The maximum atomic E-state index is 13.6. The van der Waals surface area contributed by atoms with Gasteiger partial charge in [0.2, 0.25) is 5.78 Å². The number of amides is 2. The summed E-state index contributed by atoms with van der Waals surface area (Å²) in [6.07, 6.45) is 5.18. The molecule has 336 valence electrons. The van der Waals surface area contributed by atoms with Crippen molar-refractivity contribution in [3.63, 3.8) is 0 Å². The lowest BCUT2D eigenvalue weighted by molar-refractivity contribution is -0.111. The van der Waals surface area contributed by atoms with E-state index in [4.69, 9.17) is 0 Å². The number of hydrazone groups is 1. The normalized spacial score (nSPS) is 16.7. The van der Waals surface area contributed by atoms with E-state index < -0.39 is 78.5 Å². The highest BCUT2D eigenvalue weighted by Gasteiger charge is 2.35. The first-order chi connectivity index (χ1) is 31.0. The molecule has 0 heterocycles. The predicted molar refractivity (Wildman–Crippen MR) is 241 cm³/mol. The Bertz CT molecular complexity index is 3760. The number of anilines is 3. The molecule has 0 aromatic heterocycles. The van der Waals surface area contributed by atoms with Gasteiger partial charge in [-0.1, -0.05) is 42.5 Å². The number of aliphatic imine (C=N–C) groups is 1. The number of carbonyl (C=O) groups is 3.